The van der Waals surface area contributed by atoms with Gasteiger partial charge in [0.1, 0.15) is 5.82 Å². The van der Waals surface area contributed by atoms with Gasteiger partial charge in [-0.05, 0) is 43.2 Å². The molecule has 0 N–H and O–H groups in total. The van der Waals surface area contributed by atoms with Crippen molar-refractivity contribution < 1.29 is 18.5 Å². The van der Waals surface area contributed by atoms with Crippen LogP contribution in [0.2, 0.25) is 5.02 Å². The first kappa shape index (κ1) is 20.0. The van der Waals surface area contributed by atoms with Gasteiger partial charge in [0.25, 0.3) is 11.6 Å². The van der Waals surface area contributed by atoms with E-state index < -0.39 is 4.92 Å². The van der Waals surface area contributed by atoms with Gasteiger partial charge in [0, 0.05) is 30.8 Å². The molecular formula is C20H16ClFN4O4. The number of likely N-dealkylation sites (tertiary alicyclic amines) is 1. The Balaban J connectivity index is 1.53. The number of non-ortho nitro benzene ring substituents is 1. The Morgan fingerprint density at radius 1 is 1.23 bits per heavy atom. The summed E-state index contributed by atoms with van der Waals surface area (Å²) < 4.78 is 18.9. The van der Waals surface area contributed by atoms with Crippen LogP contribution >= 0.6 is 11.6 Å². The quantitative estimate of drug-likeness (QED) is 0.447. The van der Waals surface area contributed by atoms with E-state index in [1.807, 2.05) is 0 Å². The number of nitrogens with zero attached hydrogens (tertiary/aromatic N) is 4. The van der Waals surface area contributed by atoms with Gasteiger partial charge < -0.3 is 9.32 Å². The normalized spacial score (nSPS) is 16.5. The van der Waals surface area contributed by atoms with Gasteiger partial charge in [0.2, 0.25) is 11.8 Å². The number of hydrogen-bond acceptors (Lipinski definition) is 6. The fourth-order valence-corrected chi connectivity index (χ4v) is 3.63. The van der Waals surface area contributed by atoms with Crippen LogP contribution in [-0.2, 0) is 0 Å². The minimum Gasteiger partial charge on any atom is -0.420 e. The smallest absolute Gasteiger partial charge is 0.270 e. The first-order valence-electron chi connectivity index (χ1n) is 9.25. The van der Waals surface area contributed by atoms with Crippen molar-refractivity contribution in [2.45, 2.75) is 18.8 Å². The number of carbonyl (C=O) groups is 1. The number of aromatic nitrogens is 2. The molecule has 2 heterocycles. The molecule has 154 valence electrons. The third-order valence-corrected chi connectivity index (χ3v) is 5.31. The summed E-state index contributed by atoms with van der Waals surface area (Å²) in [5.41, 5.74) is 0.489. The van der Waals surface area contributed by atoms with E-state index in [0.29, 0.717) is 31.0 Å². The van der Waals surface area contributed by atoms with Crippen LogP contribution in [0, 0.1) is 15.9 Å². The zero-order valence-electron chi connectivity index (χ0n) is 15.6. The van der Waals surface area contributed by atoms with Crippen LogP contribution in [-0.4, -0.2) is 39.0 Å². The number of carbonyl (C=O) groups excluding carboxylic acids is 1. The Morgan fingerprint density at radius 2 is 2.00 bits per heavy atom. The van der Waals surface area contributed by atoms with E-state index in [4.69, 9.17) is 16.0 Å². The van der Waals surface area contributed by atoms with E-state index >= 15 is 0 Å². The van der Waals surface area contributed by atoms with Crippen LogP contribution in [0.1, 0.15) is 35.0 Å². The lowest BCUT2D eigenvalue weighted by molar-refractivity contribution is -0.384. The molecule has 4 rings (SSSR count). The van der Waals surface area contributed by atoms with Crippen molar-refractivity contribution in [3.8, 4) is 11.5 Å². The lowest BCUT2D eigenvalue weighted by Gasteiger charge is -2.31. The third-order valence-electron chi connectivity index (χ3n) is 4.98. The van der Waals surface area contributed by atoms with Crippen LogP contribution in [0.5, 0.6) is 0 Å². The summed E-state index contributed by atoms with van der Waals surface area (Å²) in [6.07, 6.45) is 1.45. The first-order valence-corrected chi connectivity index (χ1v) is 9.62. The van der Waals surface area contributed by atoms with Crippen LogP contribution in [0.3, 0.4) is 0 Å². The summed E-state index contributed by atoms with van der Waals surface area (Å²) in [6.45, 7) is 0.816. The third kappa shape index (κ3) is 4.02. The SMILES string of the molecule is O=C(c1cc([N+](=O)[O-])ccc1Cl)N1CCCC(c2nnc(-c3ccc(F)cc3)o2)C1. The number of benzene rings is 2. The van der Waals surface area contributed by atoms with Gasteiger partial charge >= 0.3 is 0 Å². The molecule has 1 saturated heterocycles. The summed E-state index contributed by atoms with van der Waals surface area (Å²) in [7, 11) is 0. The average Bonchev–Trinajstić information content (AvgIpc) is 3.24. The first-order chi connectivity index (χ1) is 14.4. The molecule has 1 fully saturated rings. The second-order valence-corrected chi connectivity index (χ2v) is 7.37. The molecular weight excluding hydrogens is 415 g/mol. The number of rotatable bonds is 4. The van der Waals surface area contributed by atoms with Crippen molar-refractivity contribution >= 4 is 23.2 Å². The van der Waals surface area contributed by atoms with Crippen molar-refractivity contribution in [3.63, 3.8) is 0 Å². The number of nitro benzene ring substituents is 1. The second kappa shape index (κ2) is 8.19. The fraction of sp³-hybridized carbons (Fsp3) is 0.250. The molecule has 1 aromatic heterocycles. The molecule has 0 radical (unpaired) electrons. The number of amides is 1. The lowest BCUT2D eigenvalue weighted by Crippen LogP contribution is -2.39. The summed E-state index contributed by atoms with van der Waals surface area (Å²) in [5.74, 6) is -0.263. The standard InChI is InChI=1S/C20H16ClFN4O4/c21-17-8-7-15(26(28)29)10-16(17)20(27)25-9-1-2-13(11-25)19-24-23-18(30-19)12-3-5-14(22)6-4-12/h3-8,10,13H,1-2,9,11H2. The van der Waals surface area contributed by atoms with Crippen molar-refractivity contribution in [3.05, 3.63) is 74.9 Å². The Bertz CT molecular complexity index is 1100. The number of halogens is 2. The molecule has 0 spiro atoms. The molecule has 1 atom stereocenters. The largest absolute Gasteiger partial charge is 0.420 e. The van der Waals surface area contributed by atoms with Crippen molar-refractivity contribution in [1.82, 2.24) is 15.1 Å². The van der Waals surface area contributed by atoms with Gasteiger partial charge in [-0.1, -0.05) is 11.6 Å². The number of hydrogen-bond donors (Lipinski definition) is 0. The second-order valence-electron chi connectivity index (χ2n) is 6.96. The Hall–Kier alpha value is -3.33. The Kier molecular flexibility index (Phi) is 5.45. The zero-order valence-corrected chi connectivity index (χ0v) is 16.4. The molecule has 0 aliphatic carbocycles. The van der Waals surface area contributed by atoms with Gasteiger partial charge in [0.05, 0.1) is 21.4 Å². The van der Waals surface area contributed by atoms with E-state index in [0.717, 1.165) is 6.42 Å². The maximum Gasteiger partial charge on any atom is 0.270 e. The topological polar surface area (TPSA) is 102 Å². The molecule has 0 bridgehead atoms. The molecule has 1 aliphatic rings. The van der Waals surface area contributed by atoms with Gasteiger partial charge in [0.15, 0.2) is 0 Å². The van der Waals surface area contributed by atoms with Crippen LogP contribution in [0.25, 0.3) is 11.5 Å². The van der Waals surface area contributed by atoms with Crippen LogP contribution in [0.4, 0.5) is 10.1 Å². The maximum absolute atomic E-state index is 13.1. The molecule has 0 saturated carbocycles. The predicted molar refractivity (Wildman–Crippen MR) is 106 cm³/mol. The fourth-order valence-electron chi connectivity index (χ4n) is 3.43. The molecule has 2 aromatic carbocycles. The summed E-state index contributed by atoms with van der Waals surface area (Å²) >= 11 is 6.11. The summed E-state index contributed by atoms with van der Waals surface area (Å²) in [4.78, 5) is 25.0. The average molecular weight is 431 g/mol. The van der Waals surface area contributed by atoms with Gasteiger partial charge in [-0.25, -0.2) is 4.39 Å². The highest BCUT2D eigenvalue weighted by atomic mass is 35.5. The van der Waals surface area contributed by atoms with E-state index in [9.17, 15) is 19.3 Å². The highest BCUT2D eigenvalue weighted by Crippen LogP contribution is 2.31. The number of piperidine rings is 1. The molecule has 1 unspecified atom stereocenters. The summed E-state index contributed by atoms with van der Waals surface area (Å²) in [5, 5.41) is 19.3. The van der Waals surface area contributed by atoms with E-state index in [1.54, 1.807) is 17.0 Å². The van der Waals surface area contributed by atoms with E-state index in [-0.39, 0.29) is 39.8 Å². The molecule has 10 heteroatoms. The molecule has 1 aliphatic heterocycles. The van der Waals surface area contributed by atoms with Crippen LogP contribution in [0.15, 0.2) is 46.9 Å². The molecule has 30 heavy (non-hydrogen) atoms. The molecule has 3 aromatic rings. The van der Waals surface area contributed by atoms with E-state index in [2.05, 4.69) is 10.2 Å². The minimum atomic E-state index is -0.568. The molecule has 1 amide bonds. The highest BCUT2D eigenvalue weighted by molar-refractivity contribution is 6.33. The number of nitro groups is 1. The Labute approximate surface area is 175 Å². The Morgan fingerprint density at radius 3 is 2.73 bits per heavy atom. The van der Waals surface area contributed by atoms with Gasteiger partial charge in [-0.3, -0.25) is 14.9 Å². The van der Waals surface area contributed by atoms with E-state index in [1.165, 1.54) is 30.3 Å². The molecule has 8 nitrogen and oxygen atoms in total. The van der Waals surface area contributed by atoms with Crippen molar-refractivity contribution in [2.75, 3.05) is 13.1 Å². The van der Waals surface area contributed by atoms with Crippen molar-refractivity contribution in [1.29, 1.82) is 0 Å². The van der Waals surface area contributed by atoms with Gasteiger partial charge in [-0.2, -0.15) is 0 Å². The predicted octanol–water partition coefficient (Wildman–Crippen LogP) is 4.46. The lowest BCUT2D eigenvalue weighted by atomic mass is 9.97. The van der Waals surface area contributed by atoms with Crippen molar-refractivity contribution in [2.24, 2.45) is 0 Å². The van der Waals surface area contributed by atoms with Crippen LogP contribution < -0.4 is 0 Å². The summed E-state index contributed by atoms with van der Waals surface area (Å²) in [6, 6.07) is 9.51. The maximum atomic E-state index is 13.1. The van der Waals surface area contributed by atoms with Gasteiger partial charge in [-0.15, -0.1) is 10.2 Å². The zero-order chi connectivity index (χ0) is 21.3. The monoisotopic (exact) mass is 430 g/mol. The minimum absolute atomic E-state index is 0.0871. The highest BCUT2D eigenvalue weighted by Gasteiger charge is 2.30.